The molecule has 118 valence electrons. The van der Waals surface area contributed by atoms with Crippen LogP contribution in [0.25, 0.3) is 0 Å². The van der Waals surface area contributed by atoms with Gasteiger partial charge in [-0.1, -0.05) is 19.8 Å². The van der Waals surface area contributed by atoms with Gasteiger partial charge in [-0.3, -0.25) is 0 Å². The molecule has 0 aliphatic carbocycles. The maximum absolute atomic E-state index is 13.2. The van der Waals surface area contributed by atoms with Gasteiger partial charge in [-0.25, -0.2) is 13.8 Å². The Balaban J connectivity index is 2.06. The first-order valence-electron chi connectivity index (χ1n) is 7.40. The Hall–Kier alpha value is -2.24. The molecule has 0 fully saturated rings. The monoisotopic (exact) mass is 306 g/mol. The summed E-state index contributed by atoms with van der Waals surface area (Å²) >= 11 is 0. The molecule has 0 radical (unpaired) electrons. The number of rotatable bonds is 7. The summed E-state index contributed by atoms with van der Waals surface area (Å²) in [5.41, 5.74) is 1.19. The van der Waals surface area contributed by atoms with E-state index in [0.29, 0.717) is 17.5 Å². The van der Waals surface area contributed by atoms with E-state index < -0.39 is 11.6 Å². The Morgan fingerprint density at radius 3 is 2.59 bits per heavy atom. The highest BCUT2D eigenvalue weighted by Crippen LogP contribution is 2.18. The molecule has 4 nitrogen and oxygen atoms in total. The number of aromatic nitrogens is 2. The van der Waals surface area contributed by atoms with Gasteiger partial charge in [-0.15, -0.1) is 0 Å². The predicted molar refractivity (Wildman–Crippen MR) is 84.4 cm³/mol. The zero-order valence-corrected chi connectivity index (χ0v) is 12.8. The summed E-state index contributed by atoms with van der Waals surface area (Å²) in [5.74, 6) is -0.720. The van der Waals surface area contributed by atoms with Gasteiger partial charge in [0.2, 0.25) is 5.95 Å². The summed E-state index contributed by atoms with van der Waals surface area (Å²) in [6, 6.07) is 5.44. The fourth-order valence-corrected chi connectivity index (χ4v) is 2.01. The number of anilines is 3. The van der Waals surface area contributed by atoms with Crippen molar-refractivity contribution in [2.24, 2.45) is 0 Å². The third kappa shape index (κ3) is 4.65. The second-order valence-corrected chi connectivity index (χ2v) is 5.11. The first-order valence-corrected chi connectivity index (χ1v) is 7.40. The van der Waals surface area contributed by atoms with Crippen LogP contribution in [-0.4, -0.2) is 16.5 Å². The van der Waals surface area contributed by atoms with E-state index >= 15 is 0 Å². The van der Waals surface area contributed by atoms with Crippen LogP contribution in [0.5, 0.6) is 0 Å². The quantitative estimate of drug-likeness (QED) is 0.744. The summed E-state index contributed by atoms with van der Waals surface area (Å²) in [6.45, 7) is 4.85. The minimum Gasteiger partial charge on any atom is -0.370 e. The second-order valence-electron chi connectivity index (χ2n) is 5.11. The fraction of sp³-hybridized carbons (Fsp3) is 0.375. The van der Waals surface area contributed by atoms with Gasteiger partial charge in [0.15, 0.2) is 11.6 Å². The molecule has 2 N–H and O–H groups in total. The molecule has 0 bridgehead atoms. The highest BCUT2D eigenvalue weighted by molar-refractivity contribution is 5.55. The van der Waals surface area contributed by atoms with Gasteiger partial charge in [-0.05, 0) is 25.5 Å². The number of nitrogens with one attached hydrogen (secondary N) is 2. The van der Waals surface area contributed by atoms with Crippen LogP contribution in [0.4, 0.5) is 26.2 Å². The summed E-state index contributed by atoms with van der Waals surface area (Å²) in [6.07, 6.45) is 3.40. The van der Waals surface area contributed by atoms with E-state index in [1.165, 1.54) is 6.07 Å². The lowest BCUT2D eigenvalue weighted by Crippen LogP contribution is -2.07. The molecule has 0 atom stereocenters. The number of hydrogen-bond donors (Lipinski definition) is 2. The molecule has 0 saturated heterocycles. The topological polar surface area (TPSA) is 49.8 Å². The number of nitrogens with zero attached hydrogens (tertiary/aromatic N) is 2. The van der Waals surface area contributed by atoms with Crippen molar-refractivity contribution in [3.8, 4) is 0 Å². The lowest BCUT2D eigenvalue weighted by atomic mass is 10.2. The molecule has 1 heterocycles. The lowest BCUT2D eigenvalue weighted by molar-refractivity contribution is 0.509. The molecule has 0 aliphatic rings. The third-order valence-corrected chi connectivity index (χ3v) is 3.12. The van der Waals surface area contributed by atoms with E-state index in [9.17, 15) is 8.78 Å². The van der Waals surface area contributed by atoms with Crippen molar-refractivity contribution in [1.82, 2.24) is 9.97 Å². The lowest BCUT2D eigenvalue weighted by Gasteiger charge is -2.10. The van der Waals surface area contributed by atoms with Crippen LogP contribution in [0.2, 0.25) is 0 Å². The second kappa shape index (κ2) is 7.68. The van der Waals surface area contributed by atoms with Gasteiger partial charge < -0.3 is 10.6 Å². The molecule has 0 aliphatic heterocycles. The van der Waals surface area contributed by atoms with Crippen LogP contribution in [0.15, 0.2) is 24.3 Å². The third-order valence-electron chi connectivity index (χ3n) is 3.12. The first kappa shape index (κ1) is 16.1. The van der Waals surface area contributed by atoms with Crippen molar-refractivity contribution in [3.05, 3.63) is 41.6 Å². The van der Waals surface area contributed by atoms with Crippen LogP contribution in [0.1, 0.15) is 31.9 Å². The van der Waals surface area contributed by atoms with Crippen LogP contribution in [-0.2, 0) is 0 Å². The molecule has 1 aromatic heterocycles. The molecule has 0 spiro atoms. The van der Waals surface area contributed by atoms with E-state index in [1.54, 1.807) is 0 Å². The van der Waals surface area contributed by atoms with E-state index in [1.807, 2.05) is 13.0 Å². The average Bonchev–Trinajstić information content (AvgIpc) is 2.47. The van der Waals surface area contributed by atoms with E-state index in [-0.39, 0.29) is 0 Å². The minimum atomic E-state index is -0.907. The summed E-state index contributed by atoms with van der Waals surface area (Å²) in [5, 5.41) is 6.13. The van der Waals surface area contributed by atoms with E-state index in [4.69, 9.17) is 0 Å². The summed E-state index contributed by atoms with van der Waals surface area (Å²) < 4.78 is 26.1. The largest absolute Gasteiger partial charge is 0.370 e. The number of halogens is 2. The molecular weight excluding hydrogens is 286 g/mol. The number of unbranched alkanes of at least 4 members (excludes halogenated alkanes) is 2. The molecule has 6 heteroatoms. The van der Waals surface area contributed by atoms with Gasteiger partial charge in [0.1, 0.15) is 5.82 Å². The fourth-order valence-electron chi connectivity index (χ4n) is 2.01. The molecule has 2 aromatic rings. The van der Waals surface area contributed by atoms with Gasteiger partial charge in [0.25, 0.3) is 0 Å². The van der Waals surface area contributed by atoms with Gasteiger partial charge >= 0.3 is 0 Å². The standard InChI is InChI=1S/C16H20F2N4/c1-3-4-5-8-19-15-9-11(2)20-16(22-15)21-12-6-7-13(17)14(18)10-12/h6-7,9-10H,3-5,8H2,1-2H3,(H2,19,20,21,22). The van der Waals surface area contributed by atoms with Crippen molar-refractivity contribution in [3.63, 3.8) is 0 Å². The van der Waals surface area contributed by atoms with Gasteiger partial charge in [0, 0.05) is 30.1 Å². The predicted octanol–water partition coefficient (Wildman–Crippen LogP) is 4.41. The Labute approximate surface area is 129 Å². The number of benzene rings is 1. The van der Waals surface area contributed by atoms with E-state index in [0.717, 1.165) is 43.6 Å². The Morgan fingerprint density at radius 1 is 1.05 bits per heavy atom. The van der Waals surface area contributed by atoms with E-state index in [2.05, 4.69) is 27.5 Å². The maximum Gasteiger partial charge on any atom is 0.229 e. The van der Waals surface area contributed by atoms with Gasteiger partial charge in [0.05, 0.1) is 0 Å². The van der Waals surface area contributed by atoms with Crippen molar-refractivity contribution in [2.75, 3.05) is 17.2 Å². The Morgan fingerprint density at radius 2 is 1.86 bits per heavy atom. The zero-order valence-electron chi connectivity index (χ0n) is 12.8. The van der Waals surface area contributed by atoms with Crippen molar-refractivity contribution >= 4 is 17.5 Å². The number of hydrogen-bond acceptors (Lipinski definition) is 4. The highest BCUT2D eigenvalue weighted by atomic mass is 19.2. The van der Waals surface area contributed by atoms with Crippen molar-refractivity contribution < 1.29 is 8.78 Å². The van der Waals surface area contributed by atoms with Crippen molar-refractivity contribution in [1.29, 1.82) is 0 Å². The molecule has 0 amide bonds. The molecular formula is C16H20F2N4. The summed E-state index contributed by atoms with van der Waals surface area (Å²) in [4.78, 5) is 8.58. The van der Waals surface area contributed by atoms with Crippen LogP contribution in [0.3, 0.4) is 0 Å². The zero-order chi connectivity index (χ0) is 15.9. The SMILES string of the molecule is CCCCCNc1cc(C)nc(Nc2ccc(F)c(F)c2)n1. The highest BCUT2D eigenvalue weighted by Gasteiger charge is 2.06. The Bertz CT molecular complexity index is 632. The normalized spacial score (nSPS) is 10.5. The Kier molecular flexibility index (Phi) is 5.63. The molecule has 2 rings (SSSR count). The molecule has 0 unspecified atom stereocenters. The minimum absolute atomic E-state index is 0.351. The molecule has 1 aromatic carbocycles. The van der Waals surface area contributed by atoms with Crippen LogP contribution >= 0.6 is 0 Å². The van der Waals surface area contributed by atoms with Gasteiger partial charge in [-0.2, -0.15) is 4.98 Å². The smallest absolute Gasteiger partial charge is 0.229 e. The van der Waals surface area contributed by atoms with Crippen LogP contribution < -0.4 is 10.6 Å². The van der Waals surface area contributed by atoms with Crippen molar-refractivity contribution in [2.45, 2.75) is 33.1 Å². The average molecular weight is 306 g/mol. The molecule has 0 saturated carbocycles. The number of aryl methyl sites for hydroxylation is 1. The maximum atomic E-state index is 13.2. The summed E-state index contributed by atoms with van der Waals surface area (Å²) in [7, 11) is 0. The van der Waals surface area contributed by atoms with Crippen LogP contribution in [0, 0.1) is 18.6 Å². The first-order chi connectivity index (χ1) is 10.6. The molecule has 22 heavy (non-hydrogen) atoms.